The molecular weight excluding hydrogens is 244 g/mol. The molecule has 6 heteroatoms. The average molecular weight is 257 g/mol. The van der Waals surface area contributed by atoms with Gasteiger partial charge in [0, 0.05) is 12.7 Å². The summed E-state index contributed by atoms with van der Waals surface area (Å²) in [6.45, 7) is 2.18. The van der Waals surface area contributed by atoms with Gasteiger partial charge in [0.25, 0.3) is 5.91 Å². The lowest BCUT2D eigenvalue weighted by molar-refractivity contribution is -0.124. The Hall–Kier alpha value is -1.62. The number of nitrogens with one attached hydrogen (secondary N) is 1. The van der Waals surface area contributed by atoms with Crippen LogP contribution >= 0.6 is 11.6 Å². The lowest BCUT2D eigenvalue weighted by Gasteiger charge is -2.06. The number of esters is 1. The van der Waals surface area contributed by atoms with E-state index < -0.39 is 5.97 Å². The summed E-state index contributed by atoms with van der Waals surface area (Å²) in [4.78, 5) is 26.4. The molecule has 1 N–H and O–H groups in total. The quantitative estimate of drug-likeness (QED) is 0.639. The van der Waals surface area contributed by atoms with Crippen molar-refractivity contribution in [1.82, 2.24) is 10.3 Å². The van der Waals surface area contributed by atoms with Crippen LogP contribution in [0.15, 0.2) is 18.3 Å². The van der Waals surface area contributed by atoms with Crippen LogP contribution in [0.5, 0.6) is 0 Å². The highest BCUT2D eigenvalue weighted by Crippen LogP contribution is 2.12. The fourth-order valence-electron chi connectivity index (χ4n) is 1.06. The van der Waals surface area contributed by atoms with Gasteiger partial charge >= 0.3 is 5.97 Å². The molecule has 0 atom stereocenters. The van der Waals surface area contributed by atoms with Crippen LogP contribution < -0.4 is 5.32 Å². The Balaban J connectivity index is 2.45. The molecule has 0 spiro atoms. The zero-order valence-electron chi connectivity index (χ0n) is 9.40. The SMILES string of the molecule is CCCNC(=O)COC(=O)c1cccnc1Cl. The molecule has 0 aromatic carbocycles. The molecule has 17 heavy (non-hydrogen) atoms. The van der Waals surface area contributed by atoms with Crippen molar-refractivity contribution in [3.05, 3.63) is 29.0 Å². The second-order valence-electron chi connectivity index (χ2n) is 3.27. The predicted molar refractivity (Wildman–Crippen MR) is 62.8 cm³/mol. The van der Waals surface area contributed by atoms with Crippen molar-refractivity contribution >= 4 is 23.5 Å². The van der Waals surface area contributed by atoms with E-state index in [1.165, 1.54) is 12.3 Å². The maximum atomic E-state index is 11.5. The summed E-state index contributed by atoms with van der Waals surface area (Å²) < 4.78 is 4.79. The molecule has 1 aromatic rings. The van der Waals surface area contributed by atoms with E-state index in [1.54, 1.807) is 6.07 Å². The lowest BCUT2D eigenvalue weighted by Crippen LogP contribution is -2.29. The van der Waals surface area contributed by atoms with Gasteiger partial charge in [-0.1, -0.05) is 18.5 Å². The van der Waals surface area contributed by atoms with Crippen molar-refractivity contribution in [3.63, 3.8) is 0 Å². The second-order valence-corrected chi connectivity index (χ2v) is 3.63. The maximum absolute atomic E-state index is 11.5. The van der Waals surface area contributed by atoms with Gasteiger partial charge in [-0.05, 0) is 18.6 Å². The fraction of sp³-hybridized carbons (Fsp3) is 0.364. The van der Waals surface area contributed by atoms with Gasteiger partial charge in [0.15, 0.2) is 6.61 Å². The molecule has 1 rings (SSSR count). The number of carbonyl (C=O) groups excluding carboxylic acids is 2. The number of rotatable bonds is 5. The third-order valence-electron chi connectivity index (χ3n) is 1.89. The molecule has 0 radical (unpaired) electrons. The molecule has 0 saturated heterocycles. The number of amides is 1. The van der Waals surface area contributed by atoms with E-state index in [4.69, 9.17) is 16.3 Å². The Morgan fingerprint density at radius 1 is 1.53 bits per heavy atom. The minimum Gasteiger partial charge on any atom is -0.452 e. The van der Waals surface area contributed by atoms with E-state index in [-0.39, 0.29) is 23.2 Å². The van der Waals surface area contributed by atoms with E-state index in [0.717, 1.165) is 6.42 Å². The number of hydrogen-bond acceptors (Lipinski definition) is 4. The second kappa shape index (κ2) is 6.85. The summed E-state index contributed by atoms with van der Waals surface area (Å²) in [7, 11) is 0. The predicted octanol–water partition coefficient (Wildman–Crippen LogP) is 1.42. The van der Waals surface area contributed by atoms with Gasteiger partial charge in [-0.25, -0.2) is 9.78 Å². The first-order valence-electron chi connectivity index (χ1n) is 5.19. The largest absolute Gasteiger partial charge is 0.452 e. The first kappa shape index (κ1) is 13.4. The first-order valence-corrected chi connectivity index (χ1v) is 5.57. The highest BCUT2D eigenvalue weighted by Gasteiger charge is 2.13. The van der Waals surface area contributed by atoms with E-state index in [9.17, 15) is 9.59 Å². The molecule has 0 saturated carbocycles. The Labute approximate surface area is 104 Å². The Kier molecular flexibility index (Phi) is 5.42. The van der Waals surface area contributed by atoms with Crippen molar-refractivity contribution in [2.24, 2.45) is 0 Å². The topological polar surface area (TPSA) is 68.3 Å². The van der Waals surface area contributed by atoms with Gasteiger partial charge < -0.3 is 10.1 Å². The Bertz CT molecular complexity index is 409. The number of halogens is 1. The van der Waals surface area contributed by atoms with Gasteiger partial charge in [-0.15, -0.1) is 0 Å². The molecule has 0 unspecified atom stereocenters. The van der Waals surface area contributed by atoms with Crippen molar-refractivity contribution in [2.45, 2.75) is 13.3 Å². The van der Waals surface area contributed by atoms with Gasteiger partial charge in [-0.2, -0.15) is 0 Å². The van der Waals surface area contributed by atoms with Gasteiger partial charge in [0.05, 0.1) is 5.56 Å². The smallest absolute Gasteiger partial charge is 0.341 e. The summed E-state index contributed by atoms with van der Waals surface area (Å²) in [5.74, 6) is -0.991. The standard InChI is InChI=1S/C11H13ClN2O3/c1-2-5-13-9(15)7-17-11(16)8-4-3-6-14-10(8)12/h3-4,6H,2,5,7H2,1H3,(H,13,15). The zero-order chi connectivity index (χ0) is 12.7. The maximum Gasteiger partial charge on any atom is 0.341 e. The van der Waals surface area contributed by atoms with Crippen LogP contribution in [0.1, 0.15) is 23.7 Å². The number of aromatic nitrogens is 1. The number of ether oxygens (including phenoxy) is 1. The van der Waals surface area contributed by atoms with E-state index in [2.05, 4.69) is 10.3 Å². The van der Waals surface area contributed by atoms with Crippen LogP contribution in [0.3, 0.4) is 0 Å². The Morgan fingerprint density at radius 2 is 2.29 bits per heavy atom. The molecule has 1 heterocycles. The van der Waals surface area contributed by atoms with Crippen molar-refractivity contribution < 1.29 is 14.3 Å². The third-order valence-corrected chi connectivity index (χ3v) is 2.19. The molecule has 1 amide bonds. The molecule has 0 bridgehead atoms. The first-order chi connectivity index (χ1) is 8.15. The summed E-state index contributed by atoms with van der Waals surface area (Å²) >= 11 is 5.71. The van der Waals surface area contributed by atoms with Gasteiger partial charge in [0.2, 0.25) is 0 Å². The number of nitrogens with zero attached hydrogens (tertiary/aromatic N) is 1. The summed E-state index contributed by atoms with van der Waals surface area (Å²) in [6.07, 6.45) is 2.29. The van der Waals surface area contributed by atoms with E-state index >= 15 is 0 Å². The molecule has 5 nitrogen and oxygen atoms in total. The molecule has 0 aliphatic carbocycles. The van der Waals surface area contributed by atoms with E-state index in [1.807, 2.05) is 6.92 Å². The van der Waals surface area contributed by atoms with Crippen molar-refractivity contribution in [3.8, 4) is 0 Å². The highest BCUT2D eigenvalue weighted by atomic mass is 35.5. The molecular formula is C11H13ClN2O3. The average Bonchev–Trinajstić information content (AvgIpc) is 2.34. The van der Waals surface area contributed by atoms with Gasteiger partial charge in [0.1, 0.15) is 5.15 Å². The number of carbonyl (C=O) groups is 2. The zero-order valence-corrected chi connectivity index (χ0v) is 10.2. The van der Waals surface area contributed by atoms with Crippen LogP contribution in [0.2, 0.25) is 5.15 Å². The van der Waals surface area contributed by atoms with Crippen molar-refractivity contribution in [2.75, 3.05) is 13.2 Å². The van der Waals surface area contributed by atoms with E-state index in [0.29, 0.717) is 6.54 Å². The fourth-order valence-corrected chi connectivity index (χ4v) is 1.26. The summed E-state index contributed by atoms with van der Waals surface area (Å²) in [6, 6.07) is 3.06. The van der Waals surface area contributed by atoms with Crippen LogP contribution in [0.4, 0.5) is 0 Å². The summed E-state index contributed by atoms with van der Waals surface area (Å²) in [5, 5.41) is 2.65. The minimum absolute atomic E-state index is 0.0615. The van der Waals surface area contributed by atoms with Crippen LogP contribution in [-0.4, -0.2) is 30.0 Å². The van der Waals surface area contributed by atoms with Gasteiger partial charge in [-0.3, -0.25) is 4.79 Å². The summed E-state index contributed by atoms with van der Waals surface area (Å²) in [5.41, 5.74) is 0.150. The number of hydrogen-bond donors (Lipinski definition) is 1. The van der Waals surface area contributed by atoms with Crippen LogP contribution in [0.25, 0.3) is 0 Å². The molecule has 0 aliphatic heterocycles. The molecule has 0 aliphatic rings. The Morgan fingerprint density at radius 3 is 2.94 bits per heavy atom. The normalized spacial score (nSPS) is 9.76. The molecule has 92 valence electrons. The number of pyridine rings is 1. The van der Waals surface area contributed by atoms with Crippen LogP contribution in [-0.2, 0) is 9.53 Å². The molecule has 1 aromatic heterocycles. The van der Waals surface area contributed by atoms with Crippen molar-refractivity contribution in [1.29, 1.82) is 0 Å². The minimum atomic E-state index is -0.658. The monoisotopic (exact) mass is 256 g/mol. The third kappa shape index (κ3) is 4.40. The van der Waals surface area contributed by atoms with Crippen LogP contribution in [0, 0.1) is 0 Å². The lowest BCUT2D eigenvalue weighted by atomic mass is 10.3. The highest BCUT2D eigenvalue weighted by molar-refractivity contribution is 6.32. The molecule has 0 fully saturated rings.